The summed E-state index contributed by atoms with van der Waals surface area (Å²) >= 11 is 0.904. The lowest BCUT2D eigenvalue weighted by molar-refractivity contribution is -0.384. The average Bonchev–Trinajstić information content (AvgIpc) is 2.87. The van der Waals surface area contributed by atoms with Gasteiger partial charge in [0.15, 0.2) is 0 Å². The molecule has 1 N–H and O–H groups in total. The van der Waals surface area contributed by atoms with Crippen molar-refractivity contribution in [3.8, 4) is 11.5 Å². The van der Waals surface area contributed by atoms with E-state index in [4.69, 9.17) is 9.52 Å². The molecule has 0 saturated heterocycles. The maximum absolute atomic E-state index is 10.7. The average molecular weight is 295 g/mol. The van der Waals surface area contributed by atoms with E-state index in [1.54, 1.807) is 6.07 Å². The van der Waals surface area contributed by atoms with Gasteiger partial charge >= 0.3 is 5.97 Å². The minimum absolute atomic E-state index is 0.0891. The summed E-state index contributed by atoms with van der Waals surface area (Å²) in [7, 11) is 0. The Bertz CT molecular complexity index is 657. The quantitative estimate of drug-likeness (QED) is 0.506. The molecule has 0 amide bonds. The van der Waals surface area contributed by atoms with Crippen molar-refractivity contribution in [1.29, 1.82) is 0 Å². The van der Waals surface area contributed by atoms with Crippen LogP contribution < -0.4 is 0 Å². The van der Waals surface area contributed by atoms with Gasteiger partial charge in [-0.25, -0.2) is 0 Å². The second-order valence-corrected chi connectivity index (χ2v) is 5.07. The van der Waals surface area contributed by atoms with E-state index in [1.807, 2.05) is 0 Å². The zero-order chi connectivity index (χ0) is 14.7. The Hall–Kier alpha value is -2.42. The maximum Gasteiger partial charge on any atom is 0.316 e. The predicted octanol–water partition coefficient (Wildman–Crippen LogP) is 2.21. The van der Waals surface area contributed by atoms with E-state index < -0.39 is 16.1 Å². The zero-order valence-electron chi connectivity index (χ0n) is 10.2. The lowest BCUT2D eigenvalue weighted by Gasteiger charge is -1.99. The second-order valence-electron chi connectivity index (χ2n) is 3.78. The monoisotopic (exact) mass is 295 g/mol. The number of rotatable bonds is 5. The molecule has 0 bridgehead atoms. The minimum atomic E-state index is -0.995. The van der Waals surface area contributed by atoms with Crippen LogP contribution in [0, 0.1) is 10.1 Å². The molecule has 1 aromatic carbocycles. The highest BCUT2D eigenvalue weighted by Crippen LogP contribution is 2.27. The summed E-state index contributed by atoms with van der Waals surface area (Å²) in [6.45, 7) is 1.49. The number of benzene rings is 1. The number of carboxylic acids is 1. The standard InChI is InChI=1S/C11H9N3O5S/c1-6(10(15)16)20-11-13-12-9(19-11)7-3-2-4-8(5-7)14(17)18/h2-6H,1H3,(H,15,16)/t6-/m1/s1. The van der Waals surface area contributed by atoms with Gasteiger partial charge < -0.3 is 9.52 Å². The Labute approximate surface area is 117 Å². The highest BCUT2D eigenvalue weighted by Gasteiger charge is 2.18. The van der Waals surface area contributed by atoms with Gasteiger partial charge in [0, 0.05) is 17.7 Å². The van der Waals surface area contributed by atoms with Gasteiger partial charge in [-0.3, -0.25) is 14.9 Å². The van der Waals surface area contributed by atoms with Crippen LogP contribution in [0.15, 0.2) is 33.9 Å². The summed E-state index contributed by atoms with van der Waals surface area (Å²) in [5.41, 5.74) is 0.315. The molecule has 0 aliphatic heterocycles. The first-order valence-electron chi connectivity index (χ1n) is 5.45. The van der Waals surface area contributed by atoms with Gasteiger partial charge in [-0.2, -0.15) is 0 Å². The fourth-order valence-corrected chi connectivity index (χ4v) is 1.95. The Morgan fingerprint density at radius 3 is 2.90 bits per heavy atom. The van der Waals surface area contributed by atoms with Crippen molar-refractivity contribution in [2.24, 2.45) is 0 Å². The fourth-order valence-electron chi connectivity index (χ4n) is 1.33. The molecule has 0 aliphatic rings. The van der Waals surface area contributed by atoms with E-state index in [9.17, 15) is 14.9 Å². The van der Waals surface area contributed by atoms with E-state index in [1.165, 1.54) is 25.1 Å². The van der Waals surface area contributed by atoms with Crippen molar-refractivity contribution in [2.45, 2.75) is 17.4 Å². The van der Waals surface area contributed by atoms with Crippen molar-refractivity contribution in [1.82, 2.24) is 10.2 Å². The van der Waals surface area contributed by atoms with Crippen LogP contribution in [-0.2, 0) is 4.79 Å². The Kier molecular flexibility index (Phi) is 3.99. The van der Waals surface area contributed by atoms with Crippen LogP contribution in [0.1, 0.15) is 6.92 Å². The van der Waals surface area contributed by atoms with E-state index in [0.29, 0.717) is 5.56 Å². The number of aromatic nitrogens is 2. The number of nitro groups is 1. The molecule has 2 aromatic rings. The molecule has 0 radical (unpaired) electrons. The third kappa shape index (κ3) is 3.12. The van der Waals surface area contributed by atoms with E-state index in [0.717, 1.165) is 11.8 Å². The van der Waals surface area contributed by atoms with Gasteiger partial charge in [0.1, 0.15) is 5.25 Å². The Balaban J connectivity index is 2.22. The van der Waals surface area contributed by atoms with Crippen LogP contribution in [0.4, 0.5) is 5.69 Å². The van der Waals surface area contributed by atoms with Crippen molar-refractivity contribution in [3.05, 3.63) is 34.4 Å². The first-order chi connectivity index (χ1) is 9.47. The summed E-state index contributed by atoms with van der Waals surface area (Å²) in [5.74, 6) is -0.890. The minimum Gasteiger partial charge on any atom is -0.480 e. The molecule has 0 unspecified atom stereocenters. The molecule has 1 heterocycles. The van der Waals surface area contributed by atoms with Gasteiger partial charge in [-0.05, 0) is 13.0 Å². The van der Waals surface area contributed by atoms with Crippen molar-refractivity contribution in [3.63, 3.8) is 0 Å². The van der Waals surface area contributed by atoms with E-state index in [2.05, 4.69) is 10.2 Å². The lowest BCUT2D eigenvalue weighted by atomic mass is 10.2. The first-order valence-corrected chi connectivity index (χ1v) is 6.33. The molecule has 0 spiro atoms. The van der Waals surface area contributed by atoms with Crippen molar-refractivity contribution >= 4 is 23.4 Å². The summed E-state index contributed by atoms with van der Waals surface area (Å²) in [6.07, 6.45) is 0. The molecular weight excluding hydrogens is 286 g/mol. The van der Waals surface area contributed by atoms with Gasteiger partial charge in [0.25, 0.3) is 10.9 Å². The summed E-state index contributed by atoms with van der Waals surface area (Å²) in [5, 5.41) is 26.3. The number of aliphatic carboxylic acids is 1. The van der Waals surface area contributed by atoms with Crippen LogP contribution in [0.2, 0.25) is 0 Å². The topological polar surface area (TPSA) is 119 Å². The normalized spacial score (nSPS) is 12.1. The van der Waals surface area contributed by atoms with Crippen LogP contribution >= 0.6 is 11.8 Å². The maximum atomic E-state index is 10.7. The first kappa shape index (κ1) is 14.0. The number of nitrogens with zero attached hydrogens (tertiary/aromatic N) is 3. The number of hydrogen-bond donors (Lipinski definition) is 1. The van der Waals surface area contributed by atoms with E-state index in [-0.39, 0.29) is 16.8 Å². The van der Waals surface area contributed by atoms with Crippen molar-refractivity contribution < 1.29 is 19.2 Å². The molecule has 9 heteroatoms. The zero-order valence-corrected chi connectivity index (χ0v) is 11.0. The van der Waals surface area contributed by atoms with Crippen LogP contribution in [0.25, 0.3) is 11.5 Å². The molecule has 0 aliphatic carbocycles. The highest BCUT2D eigenvalue weighted by molar-refractivity contribution is 8.00. The highest BCUT2D eigenvalue weighted by atomic mass is 32.2. The van der Waals surface area contributed by atoms with Crippen LogP contribution in [0.5, 0.6) is 0 Å². The molecule has 104 valence electrons. The smallest absolute Gasteiger partial charge is 0.316 e. The number of carbonyl (C=O) groups is 1. The number of non-ortho nitro benzene ring substituents is 1. The number of carboxylic acid groups (broad SMARTS) is 1. The van der Waals surface area contributed by atoms with Crippen LogP contribution in [0.3, 0.4) is 0 Å². The molecule has 0 fully saturated rings. The Morgan fingerprint density at radius 1 is 1.50 bits per heavy atom. The summed E-state index contributed by atoms with van der Waals surface area (Å²) in [6, 6.07) is 5.75. The lowest BCUT2D eigenvalue weighted by Crippen LogP contribution is -2.10. The molecule has 0 saturated carbocycles. The Morgan fingerprint density at radius 2 is 2.25 bits per heavy atom. The molecule has 1 aromatic heterocycles. The van der Waals surface area contributed by atoms with Crippen molar-refractivity contribution in [2.75, 3.05) is 0 Å². The van der Waals surface area contributed by atoms with E-state index >= 15 is 0 Å². The second kappa shape index (κ2) is 5.70. The summed E-state index contributed by atoms with van der Waals surface area (Å²) in [4.78, 5) is 20.9. The van der Waals surface area contributed by atoms with Gasteiger partial charge in [-0.1, -0.05) is 17.8 Å². The third-order valence-corrected chi connectivity index (χ3v) is 3.26. The number of thioether (sulfide) groups is 1. The SMILES string of the molecule is C[C@@H](Sc1nnc(-c2cccc([N+](=O)[O-])c2)o1)C(=O)O. The molecule has 1 atom stereocenters. The van der Waals surface area contributed by atoms with Gasteiger partial charge in [0.05, 0.1) is 4.92 Å². The summed E-state index contributed by atoms with van der Waals surface area (Å²) < 4.78 is 5.28. The van der Waals surface area contributed by atoms with Crippen LogP contribution in [-0.4, -0.2) is 31.4 Å². The number of hydrogen-bond acceptors (Lipinski definition) is 7. The molecule has 2 rings (SSSR count). The molecule has 8 nitrogen and oxygen atoms in total. The third-order valence-electron chi connectivity index (χ3n) is 2.34. The largest absolute Gasteiger partial charge is 0.480 e. The van der Waals surface area contributed by atoms with Gasteiger partial charge in [0.2, 0.25) is 5.89 Å². The van der Waals surface area contributed by atoms with Gasteiger partial charge in [-0.15, -0.1) is 10.2 Å². The molecule has 20 heavy (non-hydrogen) atoms. The number of nitro benzene ring substituents is 1. The molecular formula is C11H9N3O5S. The predicted molar refractivity (Wildman–Crippen MR) is 69.3 cm³/mol. The fraction of sp³-hybridized carbons (Fsp3) is 0.182.